The molecule has 2 aromatic heterocycles. The van der Waals surface area contributed by atoms with Gasteiger partial charge in [-0.2, -0.15) is 18.3 Å². The number of amides is 1. The molecule has 1 aliphatic carbocycles. The lowest BCUT2D eigenvalue weighted by Crippen LogP contribution is -2.14. The van der Waals surface area contributed by atoms with E-state index in [1.807, 2.05) is 17.8 Å². The van der Waals surface area contributed by atoms with Crippen molar-refractivity contribution in [3.05, 3.63) is 93.0 Å². The smallest absolute Gasteiger partial charge is 0.416 e. The third kappa shape index (κ3) is 4.46. The van der Waals surface area contributed by atoms with Crippen molar-refractivity contribution >= 4 is 23.2 Å². The van der Waals surface area contributed by atoms with Crippen LogP contribution >= 0.6 is 11.6 Å². The van der Waals surface area contributed by atoms with Crippen molar-refractivity contribution in [1.82, 2.24) is 9.78 Å². The summed E-state index contributed by atoms with van der Waals surface area (Å²) >= 11 is 6.04. The van der Waals surface area contributed by atoms with Crippen molar-refractivity contribution in [2.24, 2.45) is 0 Å². The Bertz CT molecular complexity index is 1440. The predicted octanol–water partition coefficient (Wildman–Crippen LogP) is 6.83. The van der Waals surface area contributed by atoms with E-state index >= 15 is 0 Å². The number of nitrogens with zero attached hydrogens (tertiary/aromatic N) is 2. The first-order valence-corrected chi connectivity index (χ1v) is 11.4. The molecule has 0 aliphatic heterocycles. The minimum atomic E-state index is -4.56. The van der Waals surface area contributed by atoms with Gasteiger partial charge in [0, 0.05) is 23.7 Å². The number of fused-ring (bicyclic) bond motifs is 3. The van der Waals surface area contributed by atoms with Gasteiger partial charge in [-0.05, 0) is 49.6 Å². The minimum Gasteiger partial charge on any atom is -0.455 e. The van der Waals surface area contributed by atoms with Crippen molar-refractivity contribution in [1.29, 1.82) is 0 Å². The van der Waals surface area contributed by atoms with Crippen LogP contribution in [0.4, 0.5) is 18.9 Å². The maximum absolute atomic E-state index is 13.1. The Morgan fingerprint density at radius 1 is 1.14 bits per heavy atom. The molecule has 180 valence electrons. The summed E-state index contributed by atoms with van der Waals surface area (Å²) in [5.74, 6) is -0.000879. The lowest BCUT2D eigenvalue weighted by atomic mass is 9.93. The first-order chi connectivity index (χ1) is 16.6. The Kier molecular flexibility index (Phi) is 5.71. The Labute approximate surface area is 204 Å². The standard InChI is InChI=1S/C26H21ClF3N3O2/c1-14-3-5-16(6-4-14)12-33-13-17-7-10-21-22(23(17)32-33)15(2)24(35-21)25(34)31-20-11-18(26(28,29)30)8-9-19(20)27/h3-6,8-9,11,13H,7,10,12H2,1-2H3,(H,31,34). The highest BCUT2D eigenvalue weighted by Gasteiger charge is 2.32. The van der Waals surface area contributed by atoms with Crippen molar-refractivity contribution in [2.45, 2.75) is 39.4 Å². The number of hydrogen-bond donors (Lipinski definition) is 1. The van der Waals surface area contributed by atoms with E-state index in [0.29, 0.717) is 30.7 Å². The number of nitrogens with one attached hydrogen (secondary N) is 1. The average Bonchev–Trinajstić information content (AvgIpc) is 3.36. The molecule has 0 atom stereocenters. The third-order valence-electron chi connectivity index (χ3n) is 6.13. The quantitative estimate of drug-likeness (QED) is 0.335. The van der Waals surface area contributed by atoms with Crippen LogP contribution in [0.3, 0.4) is 0 Å². The maximum Gasteiger partial charge on any atom is 0.416 e. The number of aryl methyl sites for hydroxylation is 3. The first-order valence-electron chi connectivity index (χ1n) is 11.0. The van der Waals surface area contributed by atoms with Crippen LogP contribution in [-0.2, 0) is 25.6 Å². The molecule has 5 nitrogen and oxygen atoms in total. The van der Waals surface area contributed by atoms with Gasteiger partial charge in [0.2, 0.25) is 0 Å². The van der Waals surface area contributed by atoms with Gasteiger partial charge < -0.3 is 9.73 Å². The fourth-order valence-electron chi connectivity index (χ4n) is 4.32. The first kappa shape index (κ1) is 23.2. The monoisotopic (exact) mass is 499 g/mol. The fraction of sp³-hybridized carbons (Fsp3) is 0.231. The summed E-state index contributed by atoms with van der Waals surface area (Å²) in [6, 6.07) is 11.0. The number of hydrogen-bond acceptors (Lipinski definition) is 3. The molecule has 2 heterocycles. The molecule has 0 fully saturated rings. The largest absolute Gasteiger partial charge is 0.455 e. The van der Waals surface area contributed by atoms with Crippen LogP contribution in [-0.4, -0.2) is 15.7 Å². The molecule has 9 heteroatoms. The highest BCUT2D eigenvalue weighted by Crippen LogP contribution is 2.39. The van der Waals surface area contributed by atoms with Crippen LogP contribution in [0, 0.1) is 13.8 Å². The second-order valence-electron chi connectivity index (χ2n) is 8.69. The number of aromatic nitrogens is 2. The van der Waals surface area contributed by atoms with Gasteiger partial charge in [0.1, 0.15) is 5.76 Å². The highest BCUT2D eigenvalue weighted by molar-refractivity contribution is 6.34. The summed E-state index contributed by atoms with van der Waals surface area (Å²) in [6.45, 7) is 4.40. The van der Waals surface area contributed by atoms with E-state index in [2.05, 4.69) is 29.6 Å². The van der Waals surface area contributed by atoms with Crippen LogP contribution in [0.2, 0.25) is 5.02 Å². The zero-order valence-corrected chi connectivity index (χ0v) is 19.7. The summed E-state index contributed by atoms with van der Waals surface area (Å²) in [4.78, 5) is 13.0. The summed E-state index contributed by atoms with van der Waals surface area (Å²) < 4.78 is 47.0. The molecule has 0 bridgehead atoms. The lowest BCUT2D eigenvalue weighted by molar-refractivity contribution is -0.137. The minimum absolute atomic E-state index is 0.00235. The molecule has 1 N–H and O–H groups in total. The van der Waals surface area contributed by atoms with Crippen LogP contribution in [0.1, 0.15) is 44.1 Å². The van der Waals surface area contributed by atoms with Crippen LogP contribution in [0.25, 0.3) is 11.3 Å². The number of benzene rings is 2. The molecule has 0 saturated heterocycles. The number of carbonyl (C=O) groups is 1. The predicted molar refractivity (Wildman–Crippen MR) is 127 cm³/mol. The summed E-state index contributed by atoms with van der Waals surface area (Å²) in [7, 11) is 0. The van der Waals surface area contributed by atoms with Crippen LogP contribution in [0.5, 0.6) is 0 Å². The van der Waals surface area contributed by atoms with E-state index in [4.69, 9.17) is 21.1 Å². The molecule has 1 aliphatic rings. The molecule has 35 heavy (non-hydrogen) atoms. The normalized spacial score (nSPS) is 12.9. The fourth-order valence-corrected chi connectivity index (χ4v) is 4.48. The van der Waals surface area contributed by atoms with Gasteiger partial charge in [-0.15, -0.1) is 0 Å². The van der Waals surface area contributed by atoms with E-state index in [1.165, 1.54) is 5.56 Å². The topological polar surface area (TPSA) is 60.1 Å². The molecule has 2 aromatic carbocycles. The van der Waals surface area contributed by atoms with Crippen LogP contribution < -0.4 is 5.32 Å². The zero-order valence-electron chi connectivity index (χ0n) is 19.0. The molecule has 1 amide bonds. The zero-order chi connectivity index (χ0) is 24.9. The average molecular weight is 500 g/mol. The van der Waals surface area contributed by atoms with Gasteiger partial charge in [0.25, 0.3) is 5.91 Å². The Hall–Kier alpha value is -3.52. The molecule has 0 spiro atoms. The van der Waals surface area contributed by atoms with Crippen molar-refractivity contribution in [3.8, 4) is 11.3 Å². The van der Waals surface area contributed by atoms with Gasteiger partial charge in [0.15, 0.2) is 5.76 Å². The summed E-state index contributed by atoms with van der Waals surface area (Å²) in [6.07, 6.45) is -1.25. The number of rotatable bonds is 4. The van der Waals surface area contributed by atoms with Gasteiger partial charge in [0.05, 0.1) is 28.5 Å². The molecular formula is C26H21ClF3N3O2. The second-order valence-corrected chi connectivity index (χ2v) is 9.09. The SMILES string of the molecule is Cc1ccc(Cn2cc3c(n2)-c2c(oc(C(=O)Nc4cc(C(F)(F)F)ccc4Cl)c2C)CC3)cc1. The van der Waals surface area contributed by atoms with Gasteiger partial charge in [-0.3, -0.25) is 9.48 Å². The van der Waals surface area contributed by atoms with E-state index in [1.54, 1.807) is 6.92 Å². The number of carbonyl (C=O) groups excluding carboxylic acids is 1. The van der Waals surface area contributed by atoms with Crippen LogP contribution in [0.15, 0.2) is 53.1 Å². The molecule has 4 aromatic rings. The summed E-state index contributed by atoms with van der Waals surface area (Å²) in [5.41, 5.74) is 4.43. The summed E-state index contributed by atoms with van der Waals surface area (Å²) in [5, 5.41) is 7.22. The van der Waals surface area contributed by atoms with E-state index in [0.717, 1.165) is 40.6 Å². The molecule has 0 unspecified atom stereocenters. The second kappa shape index (κ2) is 8.61. The molecular weight excluding hydrogens is 479 g/mol. The number of anilines is 1. The highest BCUT2D eigenvalue weighted by atomic mass is 35.5. The van der Waals surface area contributed by atoms with Crippen molar-refractivity contribution in [2.75, 3.05) is 5.32 Å². The van der Waals surface area contributed by atoms with Gasteiger partial charge in [-0.25, -0.2) is 0 Å². The molecule has 0 radical (unpaired) electrons. The number of halogens is 4. The van der Waals surface area contributed by atoms with Crippen molar-refractivity contribution < 1.29 is 22.4 Å². The Morgan fingerprint density at radius 2 is 1.89 bits per heavy atom. The van der Waals surface area contributed by atoms with Gasteiger partial charge >= 0.3 is 6.18 Å². The van der Waals surface area contributed by atoms with E-state index < -0.39 is 17.6 Å². The number of furan rings is 1. The maximum atomic E-state index is 13.1. The van der Waals surface area contributed by atoms with Gasteiger partial charge in [-0.1, -0.05) is 41.4 Å². The lowest BCUT2D eigenvalue weighted by Gasteiger charge is -2.11. The molecule has 5 rings (SSSR count). The Morgan fingerprint density at radius 3 is 2.60 bits per heavy atom. The Balaban J connectivity index is 1.43. The van der Waals surface area contributed by atoms with Crippen molar-refractivity contribution in [3.63, 3.8) is 0 Å². The molecule has 0 saturated carbocycles. The van der Waals surface area contributed by atoms with E-state index in [9.17, 15) is 18.0 Å². The van der Waals surface area contributed by atoms with E-state index in [-0.39, 0.29) is 16.5 Å². The third-order valence-corrected chi connectivity index (χ3v) is 6.46. The number of alkyl halides is 3.